The lowest BCUT2D eigenvalue weighted by Crippen LogP contribution is -2.35. The molecule has 0 spiro atoms. The van der Waals surface area contributed by atoms with Crippen LogP contribution in [0.15, 0.2) is 53.5 Å². The highest BCUT2D eigenvalue weighted by atomic mass is 16.1. The summed E-state index contributed by atoms with van der Waals surface area (Å²) in [4.78, 5) is 21.9. The summed E-state index contributed by atoms with van der Waals surface area (Å²) in [6.45, 7) is 4.49. The average Bonchev–Trinajstić information content (AvgIpc) is 2.64. The topological polar surface area (TPSA) is 59.8 Å². The molecule has 1 aliphatic carbocycles. The predicted octanol–water partition coefficient (Wildman–Crippen LogP) is 4.53. The van der Waals surface area contributed by atoms with Crippen LogP contribution in [-0.2, 0) is 0 Å². The fraction of sp³-hybridized carbons (Fsp3) is 0.381. The molecule has 1 aromatic carbocycles. The van der Waals surface area contributed by atoms with E-state index < -0.39 is 0 Å². The molecule has 0 radical (unpaired) electrons. The maximum atomic E-state index is 12.8. The largest absolute Gasteiger partial charge is 0.324 e. The summed E-state index contributed by atoms with van der Waals surface area (Å²) in [5, 5.41) is 4.13. The Morgan fingerprint density at radius 1 is 1.04 bits per heavy atom. The fourth-order valence-corrected chi connectivity index (χ4v) is 4.21. The highest BCUT2D eigenvalue weighted by Gasteiger charge is 2.31. The summed E-state index contributed by atoms with van der Waals surface area (Å²) in [7, 11) is 0. The molecule has 3 aromatic rings. The Labute approximate surface area is 153 Å². The quantitative estimate of drug-likeness (QED) is 0.755. The van der Waals surface area contributed by atoms with Crippen LogP contribution in [-0.4, -0.2) is 14.5 Å². The maximum absolute atomic E-state index is 12.8. The van der Waals surface area contributed by atoms with Crippen LogP contribution in [0.5, 0.6) is 0 Å². The van der Waals surface area contributed by atoms with Crippen LogP contribution in [0.25, 0.3) is 11.0 Å². The van der Waals surface area contributed by atoms with Crippen LogP contribution in [0.1, 0.15) is 39.2 Å². The Morgan fingerprint density at radius 3 is 2.50 bits per heavy atom. The van der Waals surface area contributed by atoms with Crippen molar-refractivity contribution in [1.29, 1.82) is 0 Å². The summed E-state index contributed by atoms with van der Waals surface area (Å²) in [6, 6.07) is 13.5. The second-order valence-corrected chi connectivity index (χ2v) is 7.38. The molecule has 5 heteroatoms. The highest BCUT2D eigenvalue weighted by molar-refractivity contribution is 5.75. The van der Waals surface area contributed by atoms with Gasteiger partial charge in [-0.2, -0.15) is 4.98 Å². The van der Waals surface area contributed by atoms with Crippen LogP contribution in [0.4, 0.5) is 11.6 Å². The Hall–Kier alpha value is -2.69. The van der Waals surface area contributed by atoms with Crippen LogP contribution >= 0.6 is 0 Å². The van der Waals surface area contributed by atoms with Gasteiger partial charge in [0.25, 0.3) is 5.56 Å². The molecule has 1 fully saturated rings. The minimum absolute atomic E-state index is 0.0208. The van der Waals surface area contributed by atoms with Crippen molar-refractivity contribution in [3.63, 3.8) is 0 Å². The molecule has 1 N–H and O–H groups in total. The van der Waals surface area contributed by atoms with Crippen LogP contribution in [0.2, 0.25) is 0 Å². The van der Waals surface area contributed by atoms with Gasteiger partial charge in [0.2, 0.25) is 5.95 Å². The smallest absolute Gasteiger partial charge is 0.252 e. The number of hydrogen-bond acceptors (Lipinski definition) is 4. The Balaban J connectivity index is 1.82. The molecular weight excluding hydrogens is 324 g/mol. The lowest BCUT2D eigenvalue weighted by Gasteiger charge is -2.36. The number of aromatic nitrogens is 3. The number of hydrogen-bond donors (Lipinski definition) is 1. The average molecular weight is 348 g/mol. The van der Waals surface area contributed by atoms with Crippen molar-refractivity contribution >= 4 is 22.7 Å². The second-order valence-electron chi connectivity index (χ2n) is 7.38. The van der Waals surface area contributed by atoms with Gasteiger partial charge in [-0.05, 0) is 42.9 Å². The number of pyridine rings is 1. The van der Waals surface area contributed by atoms with E-state index in [2.05, 4.69) is 24.1 Å². The molecule has 0 amide bonds. The zero-order valence-corrected chi connectivity index (χ0v) is 15.2. The number of anilines is 2. The first-order valence-electron chi connectivity index (χ1n) is 9.34. The van der Waals surface area contributed by atoms with Gasteiger partial charge in [0.1, 0.15) is 5.65 Å². The lowest BCUT2D eigenvalue weighted by molar-refractivity contribution is 0.184. The zero-order chi connectivity index (χ0) is 18.1. The number of fused-ring (bicyclic) bond motifs is 1. The van der Waals surface area contributed by atoms with Gasteiger partial charge in [0.15, 0.2) is 0 Å². The molecule has 4 rings (SSSR count). The molecule has 5 nitrogen and oxygen atoms in total. The number of benzene rings is 1. The van der Waals surface area contributed by atoms with Gasteiger partial charge in [-0.25, -0.2) is 4.98 Å². The Kier molecular flexibility index (Phi) is 4.45. The molecule has 26 heavy (non-hydrogen) atoms. The van der Waals surface area contributed by atoms with Gasteiger partial charge in [-0.15, -0.1) is 0 Å². The van der Waals surface area contributed by atoms with Gasteiger partial charge in [0, 0.05) is 29.4 Å². The monoisotopic (exact) mass is 348 g/mol. The van der Waals surface area contributed by atoms with Crippen molar-refractivity contribution < 1.29 is 0 Å². The normalized spacial score (nSPS) is 23.1. The minimum atomic E-state index is 0.0208. The van der Waals surface area contributed by atoms with Gasteiger partial charge < -0.3 is 5.32 Å². The van der Waals surface area contributed by atoms with E-state index in [1.54, 1.807) is 12.3 Å². The summed E-state index contributed by atoms with van der Waals surface area (Å²) in [5.74, 6) is 1.43. The van der Waals surface area contributed by atoms with Gasteiger partial charge in [-0.1, -0.05) is 38.5 Å². The predicted molar refractivity (Wildman–Crippen MR) is 105 cm³/mol. The summed E-state index contributed by atoms with van der Waals surface area (Å²) in [6.07, 6.45) is 5.33. The van der Waals surface area contributed by atoms with Gasteiger partial charge in [0.05, 0.1) is 0 Å². The molecule has 2 atom stereocenters. The van der Waals surface area contributed by atoms with E-state index in [9.17, 15) is 4.79 Å². The molecule has 2 aromatic heterocycles. The molecule has 134 valence electrons. The fourth-order valence-electron chi connectivity index (χ4n) is 4.21. The molecule has 2 unspecified atom stereocenters. The van der Waals surface area contributed by atoms with E-state index in [-0.39, 0.29) is 11.6 Å². The van der Waals surface area contributed by atoms with Crippen molar-refractivity contribution in [2.75, 3.05) is 5.32 Å². The van der Waals surface area contributed by atoms with Gasteiger partial charge in [-0.3, -0.25) is 9.36 Å². The number of para-hydroxylation sites is 1. The van der Waals surface area contributed by atoms with Crippen molar-refractivity contribution in [2.45, 2.75) is 39.2 Å². The SMILES string of the molecule is CC1CCCC(C)C1n1c(=O)ccc2cnc(Nc3ccccc3)nc21. The first-order chi connectivity index (χ1) is 12.6. The van der Waals surface area contributed by atoms with Crippen molar-refractivity contribution in [3.05, 3.63) is 59.0 Å². The third-order valence-electron chi connectivity index (χ3n) is 5.48. The Morgan fingerprint density at radius 2 is 1.77 bits per heavy atom. The summed E-state index contributed by atoms with van der Waals surface area (Å²) >= 11 is 0. The van der Waals surface area contributed by atoms with Crippen molar-refractivity contribution in [3.8, 4) is 0 Å². The van der Waals surface area contributed by atoms with E-state index in [1.807, 2.05) is 41.0 Å². The molecule has 1 aliphatic rings. The highest BCUT2D eigenvalue weighted by Crippen LogP contribution is 2.38. The Bertz CT molecular complexity index is 957. The molecule has 0 saturated heterocycles. The summed E-state index contributed by atoms with van der Waals surface area (Å²) in [5.41, 5.74) is 1.67. The first kappa shape index (κ1) is 16.8. The molecule has 0 aliphatic heterocycles. The molecule has 0 bridgehead atoms. The molecule has 2 heterocycles. The van der Waals surface area contributed by atoms with E-state index in [4.69, 9.17) is 4.98 Å². The van der Waals surface area contributed by atoms with E-state index in [1.165, 1.54) is 6.42 Å². The van der Waals surface area contributed by atoms with E-state index in [0.29, 0.717) is 17.8 Å². The standard InChI is InChI=1S/C21H24N4O/c1-14-7-6-8-15(2)19(14)25-18(26)12-11-16-13-22-21(24-20(16)25)23-17-9-4-3-5-10-17/h3-5,9-15,19H,6-8H2,1-2H3,(H,22,23,24). The molecular formula is C21H24N4O. The maximum Gasteiger partial charge on any atom is 0.252 e. The van der Waals surface area contributed by atoms with Crippen molar-refractivity contribution in [1.82, 2.24) is 14.5 Å². The van der Waals surface area contributed by atoms with Crippen LogP contribution < -0.4 is 10.9 Å². The zero-order valence-electron chi connectivity index (χ0n) is 15.2. The lowest BCUT2D eigenvalue weighted by atomic mass is 9.78. The second kappa shape index (κ2) is 6.90. The third kappa shape index (κ3) is 3.09. The van der Waals surface area contributed by atoms with Gasteiger partial charge >= 0.3 is 0 Å². The first-order valence-corrected chi connectivity index (χ1v) is 9.34. The van der Waals surface area contributed by atoms with Crippen molar-refractivity contribution in [2.24, 2.45) is 11.8 Å². The summed E-state index contributed by atoms with van der Waals surface area (Å²) < 4.78 is 1.90. The number of rotatable bonds is 3. The number of nitrogens with one attached hydrogen (secondary N) is 1. The molecule has 1 saturated carbocycles. The van der Waals surface area contributed by atoms with E-state index >= 15 is 0 Å². The van der Waals surface area contributed by atoms with Crippen LogP contribution in [0.3, 0.4) is 0 Å². The minimum Gasteiger partial charge on any atom is -0.324 e. The third-order valence-corrected chi connectivity index (χ3v) is 5.48. The van der Waals surface area contributed by atoms with E-state index in [0.717, 1.165) is 29.6 Å². The number of nitrogens with zero attached hydrogens (tertiary/aromatic N) is 3. The van der Waals surface area contributed by atoms with Crippen LogP contribution in [0, 0.1) is 11.8 Å².